The fourth-order valence-corrected chi connectivity index (χ4v) is 1.11. The molecule has 0 saturated carbocycles. The molecule has 88 valence electrons. The Morgan fingerprint density at radius 2 is 2.25 bits per heavy atom. The topological polar surface area (TPSA) is 88.8 Å². The summed E-state index contributed by atoms with van der Waals surface area (Å²) in [5.41, 5.74) is 0. The van der Waals surface area contributed by atoms with E-state index in [1.807, 2.05) is 0 Å². The molecule has 16 heavy (non-hydrogen) atoms. The van der Waals surface area contributed by atoms with Gasteiger partial charge in [-0.3, -0.25) is 10.1 Å². The summed E-state index contributed by atoms with van der Waals surface area (Å²) in [5.74, 6) is -1.17. The molecule has 1 unspecified atom stereocenters. The van der Waals surface area contributed by atoms with Gasteiger partial charge in [0.15, 0.2) is 0 Å². The van der Waals surface area contributed by atoms with Crippen LogP contribution < -0.4 is 5.32 Å². The molecule has 1 heterocycles. The lowest BCUT2D eigenvalue weighted by Gasteiger charge is -2.09. The minimum absolute atomic E-state index is 0.0424. The molecule has 1 atom stereocenters. The molecule has 2 N–H and O–H groups in total. The van der Waals surface area contributed by atoms with Gasteiger partial charge in [0.2, 0.25) is 5.76 Å². The summed E-state index contributed by atoms with van der Waals surface area (Å²) in [4.78, 5) is 21.4. The molecule has 6 nitrogen and oxygen atoms in total. The molecule has 0 aliphatic rings. The van der Waals surface area contributed by atoms with Gasteiger partial charge in [-0.15, -0.1) is 0 Å². The molecule has 0 fully saturated rings. The number of nitrogens with one attached hydrogen (secondary N) is 1. The molecule has 0 amide bonds. The van der Waals surface area contributed by atoms with E-state index >= 15 is 0 Å². The molecule has 0 aliphatic carbocycles. The average Bonchev–Trinajstić information content (AvgIpc) is 2.74. The second-order valence-corrected chi connectivity index (χ2v) is 3.19. The van der Waals surface area contributed by atoms with Crippen LogP contribution in [0.2, 0.25) is 0 Å². The number of carbonyl (C=O) groups is 2. The predicted molar refractivity (Wildman–Crippen MR) is 54.1 cm³/mol. The van der Waals surface area contributed by atoms with E-state index in [-0.39, 0.29) is 18.3 Å². The average molecular weight is 227 g/mol. The largest absolute Gasteiger partial charge is 0.475 e. The van der Waals surface area contributed by atoms with Crippen LogP contribution in [0.25, 0.3) is 0 Å². The molecule has 0 aromatic carbocycles. The van der Waals surface area contributed by atoms with Gasteiger partial charge < -0.3 is 14.3 Å². The van der Waals surface area contributed by atoms with Crippen molar-refractivity contribution in [1.29, 1.82) is 0 Å². The SMILES string of the molecule is COC(=O)CNC(C)c1ccc(C(=O)O)o1. The van der Waals surface area contributed by atoms with Gasteiger partial charge in [0.05, 0.1) is 19.7 Å². The quantitative estimate of drug-likeness (QED) is 0.723. The van der Waals surface area contributed by atoms with E-state index in [1.54, 1.807) is 13.0 Å². The van der Waals surface area contributed by atoms with Crippen LogP contribution in [-0.4, -0.2) is 30.7 Å². The third-order valence-corrected chi connectivity index (χ3v) is 2.04. The van der Waals surface area contributed by atoms with Gasteiger partial charge in [0.25, 0.3) is 0 Å². The number of aromatic carboxylic acids is 1. The van der Waals surface area contributed by atoms with Gasteiger partial charge in [0.1, 0.15) is 5.76 Å². The number of esters is 1. The lowest BCUT2D eigenvalue weighted by atomic mass is 10.2. The third-order valence-electron chi connectivity index (χ3n) is 2.04. The molecule has 0 radical (unpaired) electrons. The number of carboxylic acids is 1. The van der Waals surface area contributed by atoms with E-state index < -0.39 is 11.9 Å². The van der Waals surface area contributed by atoms with Crippen LogP contribution in [-0.2, 0) is 9.53 Å². The van der Waals surface area contributed by atoms with Crippen molar-refractivity contribution in [3.8, 4) is 0 Å². The zero-order chi connectivity index (χ0) is 12.1. The van der Waals surface area contributed by atoms with Crippen LogP contribution in [0.5, 0.6) is 0 Å². The van der Waals surface area contributed by atoms with Gasteiger partial charge in [-0.25, -0.2) is 4.79 Å². The maximum Gasteiger partial charge on any atom is 0.371 e. The van der Waals surface area contributed by atoms with Crippen LogP contribution in [0.1, 0.15) is 29.3 Å². The Bertz CT molecular complexity index is 384. The molecule has 1 rings (SSSR count). The highest BCUT2D eigenvalue weighted by Crippen LogP contribution is 2.15. The van der Waals surface area contributed by atoms with Gasteiger partial charge in [-0.2, -0.15) is 0 Å². The van der Waals surface area contributed by atoms with Crippen LogP contribution in [0.3, 0.4) is 0 Å². The van der Waals surface area contributed by atoms with Crippen LogP contribution in [0.4, 0.5) is 0 Å². The highest BCUT2D eigenvalue weighted by atomic mass is 16.5. The maximum atomic E-state index is 10.9. The lowest BCUT2D eigenvalue weighted by molar-refractivity contribution is -0.139. The van der Waals surface area contributed by atoms with E-state index in [9.17, 15) is 9.59 Å². The summed E-state index contributed by atoms with van der Waals surface area (Å²) in [6.07, 6.45) is 0. The molecule has 0 aliphatic heterocycles. The van der Waals surface area contributed by atoms with E-state index in [4.69, 9.17) is 9.52 Å². The van der Waals surface area contributed by atoms with Gasteiger partial charge >= 0.3 is 11.9 Å². The zero-order valence-electron chi connectivity index (χ0n) is 9.02. The Labute approximate surface area is 92.2 Å². The number of hydrogen-bond acceptors (Lipinski definition) is 5. The van der Waals surface area contributed by atoms with E-state index in [0.717, 1.165) is 0 Å². The molecule has 0 bridgehead atoms. The van der Waals surface area contributed by atoms with Gasteiger partial charge in [-0.05, 0) is 19.1 Å². The maximum absolute atomic E-state index is 10.9. The molecule has 0 spiro atoms. The van der Waals surface area contributed by atoms with Crippen molar-refractivity contribution in [1.82, 2.24) is 5.32 Å². The summed E-state index contributed by atoms with van der Waals surface area (Å²) in [7, 11) is 1.30. The summed E-state index contributed by atoms with van der Waals surface area (Å²) in [6.45, 7) is 1.80. The Morgan fingerprint density at radius 3 is 2.75 bits per heavy atom. The van der Waals surface area contributed by atoms with Crippen molar-refractivity contribution in [2.24, 2.45) is 0 Å². The van der Waals surface area contributed by atoms with Crippen molar-refractivity contribution in [2.45, 2.75) is 13.0 Å². The highest BCUT2D eigenvalue weighted by Gasteiger charge is 2.14. The first-order chi connectivity index (χ1) is 7.54. The van der Waals surface area contributed by atoms with Crippen LogP contribution in [0, 0.1) is 0 Å². The van der Waals surface area contributed by atoms with Crippen molar-refractivity contribution in [2.75, 3.05) is 13.7 Å². The first kappa shape index (κ1) is 12.3. The molecular formula is C10H13NO5. The summed E-state index contributed by atoms with van der Waals surface area (Å²) < 4.78 is 9.51. The second kappa shape index (κ2) is 5.32. The molecule has 0 saturated heterocycles. The summed E-state index contributed by atoms with van der Waals surface area (Å²) in [6, 6.07) is 2.67. The number of carbonyl (C=O) groups excluding carboxylic acids is 1. The van der Waals surface area contributed by atoms with E-state index in [1.165, 1.54) is 13.2 Å². The van der Waals surface area contributed by atoms with Gasteiger partial charge in [-0.1, -0.05) is 0 Å². The number of ether oxygens (including phenoxy) is 1. The standard InChI is InChI=1S/C10H13NO5/c1-6(11-5-9(12)15-2)7-3-4-8(16-7)10(13)14/h3-4,6,11H,5H2,1-2H3,(H,13,14). The zero-order valence-corrected chi connectivity index (χ0v) is 9.02. The number of furan rings is 1. The summed E-state index contributed by atoms with van der Waals surface area (Å²) in [5, 5.41) is 11.5. The Morgan fingerprint density at radius 1 is 1.56 bits per heavy atom. The second-order valence-electron chi connectivity index (χ2n) is 3.19. The van der Waals surface area contributed by atoms with Crippen LogP contribution >= 0.6 is 0 Å². The van der Waals surface area contributed by atoms with Crippen molar-refractivity contribution in [3.05, 3.63) is 23.7 Å². The Balaban J connectivity index is 2.55. The lowest BCUT2D eigenvalue weighted by Crippen LogP contribution is -2.26. The fourth-order valence-electron chi connectivity index (χ4n) is 1.11. The Kier molecular flexibility index (Phi) is 4.07. The van der Waals surface area contributed by atoms with Gasteiger partial charge in [0, 0.05) is 0 Å². The number of carboxylic acid groups (broad SMARTS) is 1. The van der Waals surface area contributed by atoms with Crippen LogP contribution in [0.15, 0.2) is 16.5 Å². The van der Waals surface area contributed by atoms with E-state index in [2.05, 4.69) is 10.1 Å². The minimum Gasteiger partial charge on any atom is -0.475 e. The monoisotopic (exact) mass is 227 g/mol. The predicted octanol–water partition coefficient (Wildman–Crippen LogP) is 0.801. The first-order valence-electron chi connectivity index (χ1n) is 4.67. The fraction of sp³-hybridized carbons (Fsp3) is 0.400. The molecule has 1 aromatic heterocycles. The van der Waals surface area contributed by atoms with Crippen molar-refractivity contribution < 1.29 is 23.8 Å². The molecule has 1 aromatic rings. The third kappa shape index (κ3) is 3.09. The first-order valence-corrected chi connectivity index (χ1v) is 4.67. The molecular weight excluding hydrogens is 214 g/mol. The number of hydrogen-bond donors (Lipinski definition) is 2. The smallest absolute Gasteiger partial charge is 0.371 e. The summed E-state index contributed by atoms with van der Waals surface area (Å²) >= 11 is 0. The molecule has 6 heteroatoms. The highest BCUT2D eigenvalue weighted by molar-refractivity contribution is 5.84. The van der Waals surface area contributed by atoms with E-state index in [0.29, 0.717) is 5.76 Å². The Hall–Kier alpha value is -1.82. The minimum atomic E-state index is -1.12. The van der Waals surface area contributed by atoms with Crippen molar-refractivity contribution >= 4 is 11.9 Å². The number of rotatable bonds is 5. The number of methoxy groups -OCH3 is 1. The van der Waals surface area contributed by atoms with Crippen molar-refractivity contribution in [3.63, 3.8) is 0 Å². The normalized spacial score (nSPS) is 12.1.